The van der Waals surface area contributed by atoms with Crippen LogP contribution in [0.4, 0.5) is 0 Å². The predicted molar refractivity (Wildman–Crippen MR) is 192 cm³/mol. The highest BCUT2D eigenvalue weighted by Gasteiger charge is 2.16. The van der Waals surface area contributed by atoms with Crippen molar-refractivity contribution >= 4 is 65.5 Å². The second-order valence-corrected chi connectivity index (χ2v) is 12.4. The lowest BCUT2D eigenvalue weighted by atomic mass is 10.1. The van der Waals surface area contributed by atoms with E-state index in [9.17, 15) is 0 Å². The summed E-state index contributed by atoms with van der Waals surface area (Å²) in [5.74, 6) is 0. The molecular formula is C41H36N4. The van der Waals surface area contributed by atoms with Crippen molar-refractivity contribution in [2.75, 3.05) is 0 Å². The zero-order chi connectivity index (χ0) is 30.7. The van der Waals surface area contributed by atoms with Gasteiger partial charge in [-0.25, -0.2) is 0 Å². The Morgan fingerprint density at radius 1 is 0.422 bits per heavy atom. The van der Waals surface area contributed by atoms with Gasteiger partial charge in [0.05, 0.1) is 27.6 Å². The van der Waals surface area contributed by atoms with E-state index in [0.717, 1.165) is 5.52 Å². The Morgan fingerprint density at radius 2 is 0.867 bits per heavy atom. The van der Waals surface area contributed by atoms with Gasteiger partial charge in [0.2, 0.25) is 0 Å². The van der Waals surface area contributed by atoms with E-state index in [1.165, 1.54) is 65.7 Å². The van der Waals surface area contributed by atoms with Crippen molar-refractivity contribution in [2.45, 2.75) is 39.8 Å². The van der Waals surface area contributed by atoms with E-state index in [-0.39, 0.29) is 0 Å². The lowest BCUT2D eigenvalue weighted by Gasteiger charge is -2.12. The lowest BCUT2D eigenvalue weighted by molar-refractivity contribution is 0.642. The smallest absolute Gasteiger partial charge is 0.0959 e. The molecule has 0 saturated carbocycles. The van der Waals surface area contributed by atoms with Gasteiger partial charge in [0.15, 0.2) is 0 Å². The van der Waals surface area contributed by atoms with Crippen LogP contribution in [-0.2, 0) is 0 Å². The van der Waals surface area contributed by atoms with E-state index in [4.69, 9.17) is 0 Å². The average molecular weight is 585 g/mol. The second-order valence-electron chi connectivity index (χ2n) is 12.4. The quantitative estimate of drug-likeness (QED) is 0.203. The van der Waals surface area contributed by atoms with E-state index >= 15 is 0 Å². The van der Waals surface area contributed by atoms with Crippen LogP contribution < -0.4 is 0 Å². The van der Waals surface area contributed by atoms with Crippen LogP contribution in [0.1, 0.15) is 39.8 Å². The Hall–Kier alpha value is -5.35. The number of aromatic nitrogens is 4. The van der Waals surface area contributed by atoms with Crippen LogP contribution in [-0.4, -0.2) is 18.7 Å². The van der Waals surface area contributed by atoms with Crippen molar-refractivity contribution in [3.8, 4) is 5.69 Å². The van der Waals surface area contributed by atoms with E-state index in [2.05, 4.69) is 168 Å². The van der Waals surface area contributed by atoms with Crippen LogP contribution in [0.3, 0.4) is 0 Å². The molecule has 0 saturated heterocycles. The van der Waals surface area contributed by atoms with Gasteiger partial charge in [0.25, 0.3) is 0 Å². The summed E-state index contributed by atoms with van der Waals surface area (Å²) in [5, 5.41) is 6.47. The monoisotopic (exact) mass is 584 g/mol. The predicted octanol–water partition coefficient (Wildman–Crippen LogP) is 11.2. The molecule has 0 fully saturated rings. The molecule has 5 aromatic carbocycles. The summed E-state index contributed by atoms with van der Waals surface area (Å²) in [6.07, 6.45) is 1.86. The van der Waals surface area contributed by atoms with Gasteiger partial charge in [-0.05, 0) is 82.3 Å². The van der Waals surface area contributed by atoms with E-state index < -0.39 is 0 Å². The summed E-state index contributed by atoms with van der Waals surface area (Å²) >= 11 is 0. The molecule has 9 aromatic rings. The molecule has 0 aliphatic carbocycles. The Morgan fingerprint density at radius 3 is 1.47 bits per heavy atom. The van der Waals surface area contributed by atoms with Gasteiger partial charge in [0.1, 0.15) is 0 Å². The fraction of sp³-hybridized carbons (Fsp3) is 0.146. The number of pyridine rings is 1. The number of benzene rings is 5. The molecule has 0 unspecified atom stereocenters. The summed E-state index contributed by atoms with van der Waals surface area (Å²) in [6.45, 7) is 8.93. The van der Waals surface area contributed by atoms with Gasteiger partial charge in [0, 0.05) is 61.9 Å². The van der Waals surface area contributed by atoms with Crippen LogP contribution in [0.5, 0.6) is 0 Å². The molecule has 0 bridgehead atoms. The summed E-state index contributed by atoms with van der Waals surface area (Å²) < 4.78 is 7.18. The highest BCUT2D eigenvalue weighted by molar-refractivity contribution is 6.11. The Labute approximate surface area is 262 Å². The first-order chi connectivity index (χ1) is 22.0. The van der Waals surface area contributed by atoms with Crippen molar-refractivity contribution in [2.24, 2.45) is 0 Å². The molecule has 0 spiro atoms. The third-order valence-electron chi connectivity index (χ3n) is 9.03. The molecule has 0 aliphatic rings. The molecule has 220 valence electrons. The summed E-state index contributed by atoms with van der Waals surface area (Å²) in [7, 11) is 0. The van der Waals surface area contributed by atoms with E-state index in [1.54, 1.807) is 0 Å². The number of hydrogen-bond donors (Lipinski definition) is 0. The maximum atomic E-state index is 4.49. The number of fused-ring (bicyclic) bond motifs is 9. The molecular weight excluding hydrogens is 548 g/mol. The maximum Gasteiger partial charge on any atom is 0.0959 e. The van der Waals surface area contributed by atoms with Crippen molar-refractivity contribution in [1.29, 1.82) is 0 Å². The van der Waals surface area contributed by atoms with Gasteiger partial charge in [-0.2, -0.15) is 0 Å². The van der Waals surface area contributed by atoms with Crippen molar-refractivity contribution in [3.05, 3.63) is 134 Å². The Balaban J connectivity index is 0.000000159. The minimum atomic E-state index is 0.413. The largest absolute Gasteiger partial charge is 0.338 e. The Bertz CT molecular complexity index is 2400. The zero-order valence-electron chi connectivity index (χ0n) is 26.1. The third-order valence-corrected chi connectivity index (χ3v) is 9.03. The van der Waals surface area contributed by atoms with Crippen molar-refractivity contribution < 1.29 is 0 Å². The molecule has 0 amide bonds. The molecule has 4 aromatic heterocycles. The molecule has 0 N–H and O–H groups in total. The number of hydrogen-bond acceptors (Lipinski definition) is 1. The van der Waals surface area contributed by atoms with Crippen LogP contribution in [0.2, 0.25) is 0 Å². The fourth-order valence-corrected chi connectivity index (χ4v) is 7.26. The van der Waals surface area contributed by atoms with E-state index in [1.807, 2.05) is 12.3 Å². The maximum absolute atomic E-state index is 4.49. The van der Waals surface area contributed by atoms with E-state index in [0.29, 0.717) is 12.1 Å². The van der Waals surface area contributed by atoms with Crippen LogP contribution in [0.25, 0.3) is 71.2 Å². The highest BCUT2D eigenvalue weighted by Crippen LogP contribution is 2.36. The first-order valence-electron chi connectivity index (χ1n) is 15.9. The average Bonchev–Trinajstić information content (AvgIpc) is 3.71. The summed E-state index contributed by atoms with van der Waals surface area (Å²) in [4.78, 5) is 4.49. The standard InChI is InChI=1S/C27H22N2.C14H14N2/c1-18(2)28-24-12-6-5-11-22(24)23-17-19(15-16-27(23)28)29-25-13-7-3-9-20(25)21-10-4-8-14-26(21)29;1-10(2)16-12-7-4-3-6-11(12)14-13(16)8-5-9-15-14/h3-18H,1-2H3;3-10H,1-2H3. The molecule has 45 heavy (non-hydrogen) atoms. The van der Waals surface area contributed by atoms with Gasteiger partial charge < -0.3 is 13.7 Å². The SMILES string of the molecule is CC(C)n1c2ccccc2c2cc(-n3c4ccccc4c4ccccc43)ccc21.CC(C)n1c2ccccc2c2ncccc21. The first-order valence-corrected chi connectivity index (χ1v) is 15.9. The molecule has 0 aliphatic heterocycles. The van der Waals surface area contributed by atoms with Crippen molar-refractivity contribution in [1.82, 2.24) is 18.7 Å². The fourth-order valence-electron chi connectivity index (χ4n) is 7.26. The third kappa shape index (κ3) is 4.24. The summed E-state index contributed by atoms with van der Waals surface area (Å²) in [6, 6.07) is 46.5. The first kappa shape index (κ1) is 27.2. The lowest BCUT2D eigenvalue weighted by Crippen LogP contribution is -2.00. The zero-order valence-corrected chi connectivity index (χ0v) is 26.1. The van der Waals surface area contributed by atoms with Crippen molar-refractivity contribution in [3.63, 3.8) is 0 Å². The summed E-state index contributed by atoms with van der Waals surface area (Å²) in [5.41, 5.74) is 9.90. The number of para-hydroxylation sites is 4. The topological polar surface area (TPSA) is 27.7 Å². The van der Waals surface area contributed by atoms with Gasteiger partial charge in [-0.1, -0.05) is 72.8 Å². The molecule has 9 rings (SSSR count). The molecule has 0 atom stereocenters. The number of nitrogens with zero attached hydrogens (tertiary/aromatic N) is 4. The van der Waals surface area contributed by atoms with Gasteiger partial charge >= 0.3 is 0 Å². The van der Waals surface area contributed by atoms with Gasteiger partial charge in [-0.15, -0.1) is 0 Å². The van der Waals surface area contributed by atoms with Crippen LogP contribution in [0.15, 0.2) is 134 Å². The molecule has 4 heteroatoms. The normalized spacial score (nSPS) is 12.0. The Kier molecular flexibility index (Phi) is 6.45. The minimum absolute atomic E-state index is 0.413. The second kappa shape index (κ2) is 10.7. The molecule has 4 nitrogen and oxygen atoms in total. The highest BCUT2D eigenvalue weighted by atomic mass is 15.0. The molecule has 0 radical (unpaired) electrons. The minimum Gasteiger partial charge on any atom is -0.338 e. The van der Waals surface area contributed by atoms with Crippen LogP contribution >= 0.6 is 0 Å². The number of rotatable bonds is 3. The molecule has 4 heterocycles. The van der Waals surface area contributed by atoms with Crippen LogP contribution in [0, 0.1) is 0 Å². The van der Waals surface area contributed by atoms with Gasteiger partial charge in [-0.3, -0.25) is 4.98 Å².